The van der Waals surface area contributed by atoms with Gasteiger partial charge >= 0.3 is 0 Å². The smallest absolute Gasteiger partial charge is 0.236 e. The molecule has 138 valence electrons. The largest absolute Gasteiger partial charge is 0.508 e. The average Bonchev–Trinajstić information content (AvgIpc) is 2.85. The zero-order valence-electron chi connectivity index (χ0n) is 14.6. The highest BCUT2D eigenvalue weighted by Gasteiger charge is 2.46. The van der Waals surface area contributed by atoms with E-state index in [1.165, 1.54) is 4.90 Å². The molecule has 0 aliphatic carbocycles. The van der Waals surface area contributed by atoms with Crippen molar-refractivity contribution in [2.45, 2.75) is 18.6 Å². The monoisotopic (exact) mass is 367 g/mol. The van der Waals surface area contributed by atoms with E-state index in [1.807, 2.05) is 11.0 Å². The number of fused-ring (bicyclic) bond motifs is 1. The molecular formula is C17H25N3O4S. The number of benzene rings is 1. The molecule has 1 N–H and O–H groups in total. The van der Waals surface area contributed by atoms with Crippen molar-refractivity contribution in [3.8, 4) is 5.75 Å². The molecule has 7 nitrogen and oxygen atoms in total. The molecule has 0 saturated carbocycles. The molecule has 0 bridgehead atoms. The fourth-order valence-corrected chi connectivity index (χ4v) is 5.74. The topological polar surface area (TPSA) is 81.2 Å². The predicted molar refractivity (Wildman–Crippen MR) is 95.0 cm³/mol. The normalized spacial score (nSPS) is 26.3. The number of amides is 1. The van der Waals surface area contributed by atoms with Crippen molar-refractivity contribution in [3.05, 3.63) is 29.8 Å². The lowest BCUT2D eigenvalue weighted by atomic mass is 10.0. The third-order valence-corrected chi connectivity index (χ3v) is 6.74. The molecule has 0 spiro atoms. The zero-order chi connectivity index (χ0) is 18.2. The Balaban J connectivity index is 1.77. The number of hydrogen-bond donors (Lipinski definition) is 1. The maximum absolute atomic E-state index is 12.2. The van der Waals surface area contributed by atoms with Crippen molar-refractivity contribution < 1.29 is 18.3 Å². The predicted octanol–water partition coefficient (Wildman–Crippen LogP) is -0.236. The summed E-state index contributed by atoms with van der Waals surface area (Å²) >= 11 is 0. The summed E-state index contributed by atoms with van der Waals surface area (Å²) in [5, 5.41) is 9.64. The first-order chi connectivity index (χ1) is 11.7. The second-order valence-corrected chi connectivity index (χ2v) is 9.26. The molecule has 3 rings (SSSR count). The number of aromatic hydroxyl groups is 1. The van der Waals surface area contributed by atoms with E-state index in [1.54, 1.807) is 32.3 Å². The summed E-state index contributed by atoms with van der Waals surface area (Å²) in [6.45, 7) is 2.21. The van der Waals surface area contributed by atoms with Gasteiger partial charge < -0.3 is 10.0 Å². The molecule has 2 atom stereocenters. The van der Waals surface area contributed by atoms with Gasteiger partial charge in [0, 0.05) is 45.8 Å². The molecule has 1 aromatic carbocycles. The maximum Gasteiger partial charge on any atom is 0.236 e. The average molecular weight is 367 g/mol. The van der Waals surface area contributed by atoms with Gasteiger partial charge in [-0.15, -0.1) is 0 Å². The molecule has 2 fully saturated rings. The van der Waals surface area contributed by atoms with Gasteiger partial charge in [0.1, 0.15) is 5.75 Å². The molecule has 0 aromatic heterocycles. The van der Waals surface area contributed by atoms with Crippen LogP contribution in [-0.4, -0.2) is 91.5 Å². The Kier molecular flexibility index (Phi) is 5.04. The van der Waals surface area contributed by atoms with Gasteiger partial charge in [0.15, 0.2) is 9.84 Å². The van der Waals surface area contributed by atoms with Crippen molar-refractivity contribution >= 4 is 15.7 Å². The molecule has 25 heavy (non-hydrogen) atoms. The number of phenols is 1. The van der Waals surface area contributed by atoms with Crippen molar-refractivity contribution in [2.24, 2.45) is 0 Å². The molecule has 1 aromatic rings. The van der Waals surface area contributed by atoms with E-state index in [0.29, 0.717) is 19.6 Å². The van der Waals surface area contributed by atoms with Crippen LogP contribution in [0, 0.1) is 0 Å². The Bertz CT molecular complexity index is 750. The van der Waals surface area contributed by atoms with E-state index >= 15 is 0 Å². The number of likely N-dealkylation sites (N-methyl/N-ethyl adjacent to an activating group) is 1. The molecule has 0 unspecified atom stereocenters. The summed E-state index contributed by atoms with van der Waals surface area (Å²) in [6, 6.07) is 6.79. The number of hydrogen-bond acceptors (Lipinski definition) is 6. The second-order valence-electron chi connectivity index (χ2n) is 7.11. The van der Waals surface area contributed by atoms with Crippen LogP contribution in [-0.2, 0) is 21.2 Å². The molecule has 2 saturated heterocycles. The summed E-state index contributed by atoms with van der Waals surface area (Å²) in [5.41, 5.74) is 0.959. The Morgan fingerprint density at radius 1 is 1.20 bits per heavy atom. The van der Waals surface area contributed by atoms with Gasteiger partial charge in [-0.05, 0) is 17.7 Å². The van der Waals surface area contributed by atoms with E-state index in [9.17, 15) is 18.3 Å². The van der Waals surface area contributed by atoms with Crippen LogP contribution in [0.2, 0.25) is 0 Å². The quantitative estimate of drug-likeness (QED) is 0.791. The summed E-state index contributed by atoms with van der Waals surface area (Å²) in [6.07, 6.45) is 0. The summed E-state index contributed by atoms with van der Waals surface area (Å²) in [7, 11) is 0.315. The van der Waals surface area contributed by atoms with E-state index in [0.717, 1.165) is 5.56 Å². The molecule has 8 heteroatoms. The van der Waals surface area contributed by atoms with Gasteiger partial charge in [0.25, 0.3) is 0 Å². The molecule has 0 radical (unpaired) electrons. The molecule has 2 heterocycles. The number of phenolic OH excluding ortho intramolecular Hbond substituents is 1. The van der Waals surface area contributed by atoms with Crippen LogP contribution >= 0.6 is 0 Å². The third-order valence-electron chi connectivity index (χ3n) is 5.04. The highest BCUT2D eigenvalue weighted by Crippen LogP contribution is 2.28. The van der Waals surface area contributed by atoms with Crippen LogP contribution in [0.5, 0.6) is 5.75 Å². The van der Waals surface area contributed by atoms with Crippen molar-refractivity contribution in [1.82, 2.24) is 14.7 Å². The first kappa shape index (κ1) is 18.2. The van der Waals surface area contributed by atoms with Crippen LogP contribution in [0.3, 0.4) is 0 Å². The minimum absolute atomic E-state index is 0.00974. The van der Waals surface area contributed by atoms with Crippen molar-refractivity contribution in [2.75, 3.05) is 45.2 Å². The van der Waals surface area contributed by atoms with Crippen molar-refractivity contribution in [1.29, 1.82) is 0 Å². The molecule has 1 amide bonds. The van der Waals surface area contributed by atoms with Gasteiger partial charge in [0.2, 0.25) is 5.91 Å². The number of carbonyl (C=O) groups excluding carboxylic acids is 1. The Labute approximate surface area is 148 Å². The second kappa shape index (κ2) is 6.93. The highest BCUT2D eigenvalue weighted by molar-refractivity contribution is 7.91. The Morgan fingerprint density at radius 2 is 1.84 bits per heavy atom. The minimum Gasteiger partial charge on any atom is -0.508 e. The van der Waals surface area contributed by atoms with Gasteiger partial charge in [-0.25, -0.2) is 8.42 Å². The summed E-state index contributed by atoms with van der Waals surface area (Å²) in [5.74, 6) is 0.436. The Morgan fingerprint density at radius 3 is 2.48 bits per heavy atom. The highest BCUT2D eigenvalue weighted by atomic mass is 32.2. The Hall–Kier alpha value is -1.64. The van der Waals surface area contributed by atoms with Crippen LogP contribution in [0.15, 0.2) is 24.3 Å². The SMILES string of the molecule is CN(C)C(=O)CN1CCN(Cc2cccc(O)c2)[C@H]2CS(=O)(=O)C[C@H]21. The van der Waals surface area contributed by atoms with E-state index < -0.39 is 9.84 Å². The first-order valence-corrected chi connectivity index (χ1v) is 10.2. The molecule has 2 aliphatic rings. The number of rotatable bonds is 4. The number of nitrogens with zero attached hydrogens (tertiary/aromatic N) is 3. The molecular weight excluding hydrogens is 342 g/mol. The first-order valence-electron chi connectivity index (χ1n) is 8.42. The number of carbonyl (C=O) groups is 1. The minimum atomic E-state index is -3.11. The van der Waals surface area contributed by atoms with Crippen LogP contribution in [0.4, 0.5) is 0 Å². The zero-order valence-corrected chi connectivity index (χ0v) is 15.4. The lowest BCUT2D eigenvalue weighted by Gasteiger charge is -2.43. The van der Waals surface area contributed by atoms with Gasteiger partial charge in [-0.3, -0.25) is 14.6 Å². The lowest BCUT2D eigenvalue weighted by molar-refractivity contribution is -0.131. The van der Waals surface area contributed by atoms with E-state index in [2.05, 4.69) is 4.90 Å². The van der Waals surface area contributed by atoms with Gasteiger partial charge in [0.05, 0.1) is 18.1 Å². The molecule has 2 aliphatic heterocycles. The maximum atomic E-state index is 12.2. The van der Waals surface area contributed by atoms with Crippen LogP contribution in [0.1, 0.15) is 5.56 Å². The van der Waals surface area contributed by atoms with Gasteiger partial charge in [-0.1, -0.05) is 12.1 Å². The van der Waals surface area contributed by atoms with Crippen LogP contribution < -0.4 is 0 Å². The fourth-order valence-electron chi connectivity index (χ4n) is 3.69. The van der Waals surface area contributed by atoms with E-state index in [4.69, 9.17) is 0 Å². The summed E-state index contributed by atoms with van der Waals surface area (Å²) < 4.78 is 24.5. The van der Waals surface area contributed by atoms with Crippen molar-refractivity contribution in [3.63, 3.8) is 0 Å². The van der Waals surface area contributed by atoms with E-state index in [-0.39, 0.29) is 41.8 Å². The number of sulfone groups is 1. The fraction of sp³-hybridized carbons (Fsp3) is 0.588. The standard InChI is InChI=1S/C17H25N3O4S/c1-18(2)17(22)10-20-7-6-19(9-13-4-3-5-14(21)8-13)15-11-25(23,24)12-16(15)20/h3-5,8,15-16,21H,6-7,9-12H2,1-2H3/t15-,16+/m0/s1. The van der Waals surface area contributed by atoms with Gasteiger partial charge in [-0.2, -0.15) is 0 Å². The van der Waals surface area contributed by atoms with Crippen LogP contribution in [0.25, 0.3) is 0 Å². The third kappa shape index (κ3) is 4.13. The summed E-state index contributed by atoms with van der Waals surface area (Å²) in [4.78, 5) is 17.8. The lowest BCUT2D eigenvalue weighted by Crippen LogP contribution is -2.60. The number of piperazine rings is 1.